The number of likely N-dealkylation sites (N-methyl/N-ethyl adjacent to an activating group) is 1. The van der Waals surface area contributed by atoms with E-state index in [2.05, 4.69) is 50.2 Å². The number of carbonyl (C=O) groups is 1. The van der Waals surface area contributed by atoms with Crippen LogP contribution in [-0.4, -0.2) is 48.6 Å². The maximum Gasteiger partial charge on any atom is 0.237 e. The molecule has 0 aliphatic heterocycles. The van der Waals surface area contributed by atoms with Crippen LogP contribution in [0.1, 0.15) is 54.4 Å². The fourth-order valence-electron chi connectivity index (χ4n) is 2.30. The van der Waals surface area contributed by atoms with Gasteiger partial charge in [-0.2, -0.15) is 0 Å². The van der Waals surface area contributed by atoms with Crippen molar-refractivity contribution in [3.63, 3.8) is 0 Å². The minimum absolute atomic E-state index is 0.104. The van der Waals surface area contributed by atoms with Gasteiger partial charge in [0.15, 0.2) is 0 Å². The molecular weight excluding hydrogens is 238 g/mol. The number of carbonyl (C=O) groups excluding carboxylic acids is 1. The highest BCUT2D eigenvalue weighted by atomic mass is 16.2. The van der Waals surface area contributed by atoms with Crippen molar-refractivity contribution in [2.24, 2.45) is 0 Å². The minimum Gasteiger partial charge on any atom is -0.352 e. The smallest absolute Gasteiger partial charge is 0.237 e. The molecule has 3 unspecified atom stereocenters. The lowest BCUT2D eigenvalue weighted by molar-refractivity contribution is -0.123. The summed E-state index contributed by atoms with van der Waals surface area (Å²) in [6.07, 6.45) is 2.13. The van der Waals surface area contributed by atoms with Gasteiger partial charge in [-0.15, -0.1) is 0 Å². The van der Waals surface area contributed by atoms with E-state index in [1.54, 1.807) is 0 Å². The summed E-state index contributed by atoms with van der Waals surface area (Å²) in [5.41, 5.74) is 0. The maximum absolute atomic E-state index is 12.0. The van der Waals surface area contributed by atoms with Crippen molar-refractivity contribution in [2.75, 3.05) is 19.6 Å². The third-order valence-electron chi connectivity index (χ3n) is 3.46. The largest absolute Gasteiger partial charge is 0.352 e. The number of nitrogens with one attached hydrogen (secondary N) is 2. The normalized spacial score (nSPS) is 16.2. The summed E-state index contributed by atoms with van der Waals surface area (Å²) in [4.78, 5) is 14.4. The van der Waals surface area contributed by atoms with E-state index in [0.29, 0.717) is 6.04 Å². The average Bonchev–Trinajstić information content (AvgIpc) is 2.35. The predicted molar refractivity (Wildman–Crippen MR) is 82.4 cm³/mol. The summed E-state index contributed by atoms with van der Waals surface area (Å²) in [5.74, 6) is 0.104. The van der Waals surface area contributed by atoms with E-state index >= 15 is 0 Å². The first-order valence-corrected chi connectivity index (χ1v) is 7.73. The highest BCUT2D eigenvalue weighted by Gasteiger charge is 2.17. The molecule has 1 amide bonds. The Labute approximate surface area is 119 Å². The summed E-state index contributed by atoms with van der Waals surface area (Å²) in [5, 5.41) is 6.42. The van der Waals surface area contributed by atoms with Gasteiger partial charge in [-0.25, -0.2) is 0 Å². The predicted octanol–water partition coefficient (Wildman–Crippen LogP) is 2.00. The summed E-state index contributed by atoms with van der Waals surface area (Å²) in [6, 6.07) is 0.451. The van der Waals surface area contributed by atoms with Gasteiger partial charge < -0.3 is 15.5 Å². The molecule has 0 spiro atoms. The Morgan fingerprint density at radius 2 is 1.63 bits per heavy atom. The van der Waals surface area contributed by atoms with Crippen molar-refractivity contribution in [3.05, 3.63) is 0 Å². The highest BCUT2D eigenvalue weighted by molar-refractivity contribution is 5.81. The molecule has 2 N–H and O–H groups in total. The first-order valence-electron chi connectivity index (χ1n) is 7.73. The summed E-state index contributed by atoms with van der Waals surface area (Å²) >= 11 is 0. The zero-order valence-electron chi connectivity index (χ0n) is 13.6. The van der Waals surface area contributed by atoms with Crippen LogP contribution in [0, 0.1) is 0 Å². The van der Waals surface area contributed by atoms with Gasteiger partial charge in [0.25, 0.3) is 0 Å². The van der Waals surface area contributed by atoms with Gasteiger partial charge in [-0.3, -0.25) is 4.79 Å². The van der Waals surface area contributed by atoms with E-state index in [-0.39, 0.29) is 18.0 Å². The molecule has 0 bridgehead atoms. The molecule has 0 saturated carbocycles. The summed E-state index contributed by atoms with van der Waals surface area (Å²) in [7, 11) is 0. The first kappa shape index (κ1) is 18.4. The zero-order valence-corrected chi connectivity index (χ0v) is 13.6. The quantitative estimate of drug-likeness (QED) is 0.639. The van der Waals surface area contributed by atoms with Crippen LogP contribution in [0.2, 0.25) is 0 Å². The van der Waals surface area contributed by atoms with Crippen LogP contribution in [0.25, 0.3) is 0 Å². The molecule has 3 atom stereocenters. The number of hydrogen-bond acceptors (Lipinski definition) is 3. The molecule has 4 nitrogen and oxygen atoms in total. The fourth-order valence-corrected chi connectivity index (χ4v) is 2.30. The Bertz CT molecular complexity index is 242. The molecule has 0 aliphatic carbocycles. The number of nitrogens with zero attached hydrogens (tertiary/aromatic N) is 1. The molecule has 0 aromatic carbocycles. The lowest BCUT2D eigenvalue weighted by atomic mass is 10.1. The molecule has 0 rings (SSSR count). The standard InChI is InChI=1S/C15H33N3O/c1-7-10-12(4)17-15(19)14(6)16-13(5)11-18(8-2)9-3/h12-14,16H,7-11H2,1-6H3,(H,17,19). The van der Waals surface area contributed by atoms with E-state index in [9.17, 15) is 4.79 Å². The second-order valence-corrected chi connectivity index (χ2v) is 5.47. The van der Waals surface area contributed by atoms with E-state index in [1.165, 1.54) is 0 Å². The maximum atomic E-state index is 12.0. The minimum atomic E-state index is -0.134. The van der Waals surface area contributed by atoms with Crippen LogP contribution in [0.3, 0.4) is 0 Å². The van der Waals surface area contributed by atoms with Gasteiger partial charge >= 0.3 is 0 Å². The number of hydrogen-bond donors (Lipinski definition) is 2. The van der Waals surface area contributed by atoms with Crippen LogP contribution < -0.4 is 10.6 Å². The molecule has 0 heterocycles. The van der Waals surface area contributed by atoms with Crippen molar-refractivity contribution >= 4 is 5.91 Å². The summed E-state index contributed by atoms with van der Waals surface area (Å²) in [6.45, 7) is 15.7. The van der Waals surface area contributed by atoms with Crippen molar-refractivity contribution < 1.29 is 4.79 Å². The van der Waals surface area contributed by atoms with Gasteiger partial charge in [0.1, 0.15) is 0 Å². The molecule has 4 heteroatoms. The average molecular weight is 271 g/mol. The van der Waals surface area contributed by atoms with Gasteiger partial charge in [-0.1, -0.05) is 27.2 Å². The molecule has 0 aromatic heterocycles. The van der Waals surface area contributed by atoms with Crippen molar-refractivity contribution in [1.29, 1.82) is 0 Å². The molecule has 0 aliphatic rings. The van der Waals surface area contributed by atoms with Crippen LogP contribution in [0.4, 0.5) is 0 Å². The van der Waals surface area contributed by atoms with Crippen molar-refractivity contribution in [3.8, 4) is 0 Å². The Morgan fingerprint density at radius 3 is 2.11 bits per heavy atom. The SMILES string of the molecule is CCCC(C)NC(=O)C(C)NC(C)CN(CC)CC. The molecule has 114 valence electrons. The fraction of sp³-hybridized carbons (Fsp3) is 0.933. The Balaban J connectivity index is 4.06. The van der Waals surface area contributed by atoms with Crippen molar-refractivity contribution in [1.82, 2.24) is 15.5 Å². The van der Waals surface area contributed by atoms with E-state index in [0.717, 1.165) is 32.5 Å². The van der Waals surface area contributed by atoms with Crippen LogP contribution >= 0.6 is 0 Å². The van der Waals surface area contributed by atoms with Gasteiger partial charge in [0.05, 0.1) is 6.04 Å². The van der Waals surface area contributed by atoms with Gasteiger partial charge in [-0.05, 0) is 40.3 Å². The highest BCUT2D eigenvalue weighted by Crippen LogP contribution is 1.97. The second-order valence-electron chi connectivity index (χ2n) is 5.47. The Hall–Kier alpha value is -0.610. The lowest BCUT2D eigenvalue weighted by Crippen LogP contribution is -2.50. The van der Waals surface area contributed by atoms with E-state index < -0.39 is 0 Å². The molecular formula is C15H33N3O. The van der Waals surface area contributed by atoms with Gasteiger partial charge in [0, 0.05) is 18.6 Å². The molecule has 0 saturated heterocycles. The van der Waals surface area contributed by atoms with Crippen molar-refractivity contribution in [2.45, 2.75) is 72.5 Å². The number of amides is 1. The van der Waals surface area contributed by atoms with E-state index in [4.69, 9.17) is 0 Å². The topological polar surface area (TPSA) is 44.4 Å². The second kappa shape index (κ2) is 10.2. The molecule has 0 radical (unpaired) electrons. The lowest BCUT2D eigenvalue weighted by Gasteiger charge is -2.26. The Kier molecular flexibility index (Phi) is 9.88. The van der Waals surface area contributed by atoms with Crippen LogP contribution in [-0.2, 0) is 4.79 Å². The third-order valence-corrected chi connectivity index (χ3v) is 3.46. The van der Waals surface area contributed by atoms with Gasteiger partial charge in [0.2, 0.25) is 5.91 Å². The Morgan fingerprint density at radius 1 is 1.05 bits per heavy atom. The molecule has 0 aromatic rings. The monoisotopic (exact) mass is 271 g/mol. The first-order chi connectivity index (χ1) is 8.94. The van der Waals surface area contributed by atoms with Crippen LogP contribution in [0.15, 0.2) is 0 Å². The molecule has 19 heavy (non-hydrogen) atoms. The van der Waals surface area contributed by atoms with E-state index in [1.807, 2.05) is 6.92 Å². The zero-order chi connectivity index (χ0) is 14.8. The van der Waals surface area contributed by atoms with Crippen LogP contribution in [0.5, 0.6) is 0 Å². The third kappa shape index (κ3) is 8.22. The number of rotatable bonds is 10. The summed E-state index contributed by atoms with van der Waals surface area (Å²) < 4.78 is 0. The molecule has 0 fully saturated rings.